The molecule has 0 saturated carbocycles. The highest BCUT2D eigenvalue weighted by molar-refractivity contribution is 7.98. The molecule has 2 amide bonds. The number of nitrogens with one attached hydrogen (secondary N) is 2. The van der Waals surface area contributed by atoms with Crippen molar-refractivity contribution in [2.45, 2.75) is 25.3 Å². The molecule has 0 aliphatic carbocycles. The zero-order chi connectivity index (χ0) is 16.8. The number of likely N-dealkylation sites (tertiary alicyclic amines) is 1. The Bertz CT molecular complexity index is 660. The Morgan fingerprint density at radius 3 is 3.04 bits per heavy atom. The van der Waals surface area contributed by atoms with Crippen molar-refractivity contribution in [3.63, 3.8) is 0 Å². The van der Waals surface area contributed by atoms with E-state index in [9.17, 15) is 4.79 Å². The second-order valence-electron chi connectivity index (χ2n) is 5.84. The van der Waals surface area contributed by atoms with Crippen LogP contribution in [0.1, 0.15) is 31.1 Å². The van der Waals surface area contributed by atoms with Crippen molar-refractivity contribution in [2.75, 3.05) is 25.1 Å². The minimum atomic E-state index is -0.0180. The molecule has 0 spiro atoms. The van der Waals surface area contributed by atoms with Crippen molar-refractivity contribution in [2.24, 2.45) is 0 Å². The van der Waals surface area contributed by atoms with E-state index in [0.717, 1.165) is 42.9 Å². The molecule has 24 heavy (non-hydrogen) atoms. The van der Waals surface area contributed by atoms with Gasteiger partial charge >= 0.3 is 6.03 Å². The van der Waals surface area contributed by atoms with Gasteiger partial charge in [0.05, 0.1) is 6.04 Å². The quantitative estimate of drug-likeness (QED) is 0.789. The van der Waals surface area contributed by atoms with Gasteiger partial charge in [-0.3, -0.25) is 5.10 Å². The largest absolute Gasteiger partial charge is 0.338 e. The monoisotopic (exact) mass is 345 g/mol. The van der Waals surface area contributed by atoms with Crippen LogP contribution in [0.25, 0.3) is 11.4 Å². The molecular formula is C17H23N5OS. The lowest BCUT2D eigenvalue weighted by Gasteiger charge is -2.23. The minimum absolute atomic E-state index is 0.00346. The average Bonchev–Trinajstić information content (AvgIpc) is 3.28. The Hall–Kier alpha value is -2.02. The average molecular weight is 345 g/mol. The van der Waals surface area contributed by atoms with Crippen molar-refractivity contribution in [1.82, 2.24) is 25.4 Å². The first-order valence-electron chi connectivity index (χ1n) is 8.30. The molecule has 1 aliphatic rings. The number of aromatic amines is 1. The number of carbonyl (C=O) groups excluding carboxylic acids is 1. The van der Waals surface area contributed by atoms with E-state index in [1.165, 1.54) is 0 Å². The van der Waals surface area contributed by atoms with Gasteiger partial charge < -0.3 is 10.2 Å². The van der Waals surface area contributed by atoms with E-state index < -0.39 is 0 Å². The predicted molar refractivity (Wildman–Crippen MR) is 96.9 cm³/mol. The number of rotatable bonds is 6. The lowest BCUT2D eigenvalue weighted by molar-refractivity contribution is 0.191. The van der Waals surface area contributed by atoms with Crippen LogP contribution in [0, 0.1) is 0 Å². The van der Waals surface area contributed by atoms with Crippen molar-refractivity contribution >= 4 is 17.8 Å². The maximum absolute atomic E-state index is 12.4. The zero-order valence-corrected chi connectivity index (χ0v) is 14.7. The summed E-state index contributed by atoms with van der Waals surface area (Å²) in [7, 11) is 0. The number of benzene rings is 1. The normalized spacial score (nSPS) is 17.2. The van der Waals surface area contributed by atoms with Gasteiger partial charge in [-0.05, 0) is 31.3 Å². The topological polar surface area (TPSA) is 73.9 Å². The highest BCUT2D eigenvalue weighted by Gasteiger charge is 2.32. The first kappa shape index (κ1) is 16.8. The second-order valence-corrected chi connectivity index (χ2v) is 6.83. The molecular weight excluding hydrogens is 322 g/mol. The highest BCUT2D eigenvalue weighted by Crippen LogP contribution is 2.30. The highest BCUT2D eigenvalue weighted by atomic mass is 32.2. The van der Waals surface area contributed by atoms with Gasteiger partial charge in [-0.25, -0.2) is 9.78 Å². The van der Waals surface area contributed by atoms with E-state index >= 15 is 0 Å². The van der Waals surface area contributed by atoms with Crippen LogP contribution in [0.3, 0.4) is 0 Å². The van der Waals surface area contributed by atoms with Gasteiger partial charge in [-0.15, -0.1) is 0 Å². The maximum Gasteiger partial charge on any atom is 0.318 e. The first-order chi connectivity index (χ1) is 11.8. The van der Waals surface area contributed by atoms with Crippen LogP contribution in [0.2, 0.25) is 0 Å². The number of hydrogen-bond donors (Lipinski definition) is 2. The number of thioether (sulfide) groups is 1. The third kappa shape index (κ3) is 3.90. The molecule has 2 aromatic rings. The number of amides is 2. The van der Waals surface area contributed by atoms with Crippen molar-refractivity contribution in [1.29, 1.82) is 0 Å². The second kappa shape index (κ2) is 8.19. The van der Waals surface area contributed by atoms with E-state index in [1.54, 1.807) is 11.8 Å². The van der Waals surface area contributed by atoms with E-state index in [4.69, 9.17) is 0 Å². The summed E-state index contributed by atoms with van der Waals surface area (Å²) in [4.78, 5) is 18.9. The number of urea groups is 1. The molecule has 1 aromatic carbocycles. The summed E-state index contributed by atoms with van der Waals surface area (Å²) in [6.07, 6.45) is 4.98. The van der Waals surface area contributed by atoms with Gasteiger partial charge in [-0.2, -0.15) is 16.9 Å². The summed E-state index contributed by atoms with van der Waals surface area (Å²) in [5.41, 5.74) is 0.978. The van der Waals surface area contributed by atoms with Crippen LogP contribution in [-0.4, -0.2) is 51.2 Å². The molecule has 0 bridgehead atoms. The Morgan fingerprint density at radius 1 is 1.42 bits per heavy atom. The van der Waals surface area contributed by atoms with E-state index in [1.807, 2.05) is 35.2 Å². The third-order valence-electron chi connectivity index (χ3n) is 4.17. The molecule has 6 nitrogen and oxygen atoms in total. The lowest BCUT2D eigenvalue weighted by Crippen LogP contribution is -2.40. The Balaban J connectivity index is 1.65. The zero-order valence-electron chi connectivity index (χ0n) is 13.9. The molecule has 2 N–H and O–H groups in total. The van der Waals surface area contributed by atoms with Crippen LogP contribution >= 0.6 is 11.8 Å². The van der Waals surface area contributed by atoms with Crippen LogP contribution in [0.15, 0.2) is 30.3 Å². The van der Waals surface area contributed by atoms with Crippen LogP contribution < -0.4 is 5.32 Å². The molecule has 7 heteroatoms. The van der Waals surface area contributed by atoms with Crippen molar-refractivity contribution < 1.29 is 4.79 Å². The maximum atomic E-state index is 12.4. The number of H-pyrrole nitrogens is 1. The SMILES string of the molecule is CSCCCNC(=O)N1CCC[C@@H]1c1nc(-c2ccccc2)n[nH]1. The van der Waals surface area contributed by atoms with Gasteiger partial charge in [0, 0.05) is 18.7 Å². The number of hydrogen-bond acceptors (Lipinski definition) is 4. The summed E-state index contributed by atoms with van der Waals surface area (Å²) >= 11 is 1.80. The van der Waals surface area contributed by atoms with Crippen molar-refractivity contribution in [3.05, 3.63) is 36.2 Å². The molecule has 0 unspecified atom stereocenters. The van der Waals surface area contributed by atoms with Crippen molar-refractivity contribution in [3.8, 4) is 11.4 Å². The first-order valence-corrected chi connectivity index (χ1v) is 9.70. The van der Waals surface area contributed by atoms with Gasteiger partial charge in [0.25, 0.3) is 0 Å². The Morgan fingerprint density at radius 2 is 2.25 bits per heavy atom. The Kier molecular flexibility index (Phi) is 5.74. The summed E-state index contributed by atoms with van der Waals surface area (Å²) in [6, 6.07) is 9.85. The molecule has 2 heterocycles. The fraction of sp³-hybridized carbons (Fsp3) is 0.471. The van der Waals surface area contributed by atoms with E-state index in [0.29, 0.717) is 12.4 Å². The number of aromatic nitrogens is 3. The number of nitrogens with zero attached hydrogens (tertiary/aromatic N) is 3. The Labute approximate surface area is 146 Å². The van der Waals surface area contributed by atoms with Crippen LogP contribution in [0.5, 0.6) is 0 Å². The summed E-state index contributed by atoms with van der Waals surface area (Å²) in [5.74, 6) is 2.51. The third-order valence-corrected chi connectivity index (χ3v) is 4.86. The van der Waals surface area contributed by atoms with Crippen LogP contribution in [0.4, 0.5) is 4.79 Å². The smallest absolute Gasteiger partial charge is 0.318 e. The summed E-state index contributed by atoms with van der Waals surface area (Å²) < 4.78 is 0. The molecule has 0 radical (unpaired) electrons. The number of carbonyl (C=O) groups is 1. The molecule has 1 atom stereocenters. The lowest BCUT2D eigenvalue weighted by atomic mass is 10.2. The van der Waals surface area contributed by atoms with Gasteiger partial charge in [0.15, 0.2) is 5.82 Å². The van der Waals surface area contributed by atoms with Gasteiger partial charge in [-0.1, -0.05) is 30.3 Å². The standard InChI is InChI=1S/C17H23N5OS/c1-24-12-6-10-18-17(23)22-11-5-9-14(22)16-19-15(20-21-16)13-7-3-2-4-8-13/h2-4,7-8,14H,5-6,9-12H2,1H3,(H,18,23)(H,19,20,21)/t14-/m1/s1. The predicted octanol–water partition coefficient (Wildman–Crippen LogP) is 3.07. The molecule has 1 saturated heterocycles. The van der Waals surface area contributed by atoms with Gasteiger partial charge in [0.1, 0.15) is 5.82 Å². The molecule has 1 fully saturated rings. The fourth-order valence-corrected chi connectivity index (χ4v) is 3.38. The summed E-state index contributed by atoms with van der Waals surface area (Å²) in [6.45, 7) is 1.48. The van der Waals surface area contributed by atoms with Crippen LogP contribution in [-0.2, 0) is 0 Å². The summed E-state index contributed by atoms with van der Waals surface area (Å²) in [5, 5.41) is 10.3. The molecule has 1 aromatic heterocycles. The van der Waals surface area contributed by atoms with E-state index in [2.05, 4.69) is 26.8 Å². The molecule has 128 valence electrons. The van der Waals surface area contributed by atoms with Gasteiger partial charge in [0.2, 0.25) is 0 Å². The fourth-order valence-electron chi connectivity index (χ4n) is 2.95. The molecule has 3 rings (SSSR count). The molecule has 1 aliphatic heterocycles. The minimum Gasteiger partial charge on any atom is -0.338 e. The van der Waals surface area contributed by atoms with E-state index in [-0.39, 0.29) is 12.1 Å².